The molecule has 0 spiro atoms. The standard InChI is InChI=1S/C29H30ClNO4S/c1-3-7-21-19-23(30)11-16-26(21)35-25-14-12-24(13-15-25)34-17-5-4-8-20-9-6-10-22(18-20)29(2)27(32)31-28(33)36-29/h6,9-16,18-19H,3-5,7-8,17H2,1-2H3,(H,31,32,33). The minimum absolute atomic E-state index is 0.256. The summed E-state index contributed by atoms with van der Waals surface area (Å²) in [5.41, 5.74) is 3.10. The summed E-state index contributed by atoms with van der Waals surface area (Å²) >= 11 is 7.17. The van der Waals surface area contributed by atoms with Gasteiger partial charge < -0.3 is 9.47 Å². The van der Waals surface area contributed by atoms with E-state index >= 15 is 0 Å². The van der Waals surface area contributed by atoms with Crippen LogP contribution in [0.5, 0.6) is 17.2 Å². The highest BCUT2D eigenvalue weighted by Crippen LogP contribution is 2.41. The molecule has 1 N–H and O–H groups in total. The minimum Gasteiger partial charge on any atom is -0.494 e. The fourth-order valence-corrected chi connectivity index (χ4v) is 5.24. The second kappa shape index (κ2) is 11.8. The molecule has 1 heterocycles. The van der Waals surface area contributed by atoms with E-state index in [0.717, 1.165) is 77.8 Å². The van der Waals surface area contributed by atoms with Crippen LogP contribution in [0.2, 0.25) is 5.02 Å². The zero-order chi connectivity index (χ0) is 25.5. The third-order valence-electron chi connectivity index (χ3n) is 6.15. The Balaban J connectivity index is 1.24. The number of carbonyl (C=O) groups excluding carboxylic acids is 2. The van der Waals surface area contributed by atoms with Crippen molar-refractivity contribution in [2.24, 2.45) is 0 Å². The van der Waals surface area contributed by atoms with E-state index in [-0.39, 0.29) is 11.1 Å². The molecule has 1 aliphatic rings. The first-order valence-electron chi connectivity index (χ1n) is 12.2. The molecule has 4 rings (SSSR count). The van der Waals surface area contributed by atoms with E-state index in [4.69, 9.17) is 21.1 Å². The van der Waals surface area contributed by atoms with Crippen molar-refractivity contribution in [1.82, 2.24) is 5.32 Å². The van der Waals surface area contributed by atoms with Crippen LogP contribution < -0.4 is 14.8 Å². The Morgan fingerprint density at radius 2 is 1.72 bits per heavy atom. The second-order valence-electron chi connectivity index (χ2n) is 8.96. The van der Waals surface area contributed by atoms with Crippen molar-refractivity contribution < 1.29 is 19.1 Å². The van der Waals surface area contributed by atoms with E-state index in [1.165, 1.54) is 0 Å². The largest absolute Gasteiger partial charge is 0.494 e. The summed E-state index contributed by atoms with van der Waals surface area (Å²) in [6.07, 6.45) is 4.66. The molecule has 1 atom stereocenters. The number of thioether (sulfide) groups is 1. The monoisotopic (exact) mass is 523 g/mol. The zero-order valence-electron chi connectivity index (χ0n) is 20.5. The van der Waals surface area contributed by atoms with E-state index in [1.807, 2.05) is 60.7 Å². The normalized spacial score (nSPS) is 17.2. The summed E-state index contributed by atoms with van der Waals surface area (Å²) in [7, 11) is 0. The van der Waals surface area contributed by atoms with Gasteiger partial charge in [-0.2, -0.15) is 0 Å². The fourth-order valence-electron chi connectivity index (χ4n) is 4.15. The van der Waals surface area contributed by atoms with Crippen LogP contribution in [0, 0.1) is 0 Å². The Bertz CT molecular complexity index is 1230. The Kier molecular flexibility index (Phi) is 8.60. The smallest absolute Gasteiger partial charge is 0.287 e. The quantitative estimate of drug-likeness (QED) is 0.261. The molecule has 0 aliphatic carbocycles. The van der Waals surface area contributed by atoms with Gasteiger partial charge in [0.15, 0.2) is 0 Å². The van der Waals surface area contributed by atoms with Gasteiger partial charge in [0.25, 0.3) is 5.24 Å². The van der Waals surface area contributed by atoms with Gasteiger partial charge in [-0.05, 0) is 104 Å². The molecule has 0 aromatic heterocycles. The molecule has 188 valence electrons. The van der Waals surface area contributed by atoms with Gasteiger partial charge >= 0.3 is 0 Å². The number of aryl methyl sites for hydroxylation is 2. The highest BCUT2D eigenvalue weighted by atomic mass is 35.5. The Morgan fingerprint density at radius 1 is 0.944 bits per heavy atom. The van der Waals surface area contributed by atoms with E-state index in [2.05, 4.69) is 18.3 Å². The van der Waals surface area contributed by atoms with Crippen LogP contribution in [0.4, 0.5) is 4.79 Å². The maximum Gasteiger partial charge on any atom is 0.287 e. The second-order valence-corrected chi connectivity index (χ2v) is 10.8. The summed E-state index contributed by atoms with van der Waals surface area (Å²) in [4.78, 5) is 23.9. The topological polar surface area (TPSA) is 64.6 Å². The SMILES string of the molecule is CCCc1cc(Cl)ccc1Oc1ccc(OCCCCc2cccc(C3(C)SC(=O)NC3=O)c2)cc1. The third-order valence-corrected chi connectivity index (χ3v) is 7.50. The van der Waals surface area contributed by atoms with Gasteiger partial charge in [0.05, 0.1) is 6.61 Å². The number of imide groups is 1. The molecule has 3 aromatic carbocycles. The molecular weight excluding hydrogens is 494 g/mol. The lowest BCUT2D eigenvalue weighted by Crippen LogP contribution is -2.31. The first-order chi connectivity index (χ1) is 17.4. The van der Waals surface area contributed by atoms with Crippen LogP contribution >= 0.6 is 23.4 Å². The van der Waals surface area contributed by atoms with Crippen molar-refractivity contribution in [1.29, 1.82) is 0 Å². The molecule has 36 heavy (non-hydrogen) atoms. The number of benzene rings is 3. The summed E-state index contributed by atoms with van der Waals surface area (Å²) in [5, 5.41) is 2.80. The number of halogens is 1. The molecule has 1 fully saturated rings. The van der Waals surface area contributed by atoms with Crippen LogP contribution in [0.25, 0.3) is 0 Å². The van der Waals surface area contributed by atoms with Crippen molar-refractivity contribution in [2.45, 2.75) is 50.7 Å². The number of nitrogens with one attached hydrogen (secondary N) is 1. The summed E-state index contributed by atoms with van der Waals surface area (Å²) in [6.45, 7) is 4.54. The van der Waals surface area contributed by atoms with Gasteiger partial charge in [0.2, 0.25) is 5.91 Å². The van der Waals surface area contributed by atoms with Crippen molar-refractivity contribution in [3.63, 3.8) is 0 Å². The molecule has 1 unspecified atom stereocenters. The number of hydrogen-bond acceptors (Lipinski definition) is 5. The number of carbonyl (C=O) groups is 2. The zero-order valence-corrected chi connectivity index (χ0v) is 22.1. The Morgan fingerprint density at radius 3 is 2.44 bits per heavy atom. The van der Waals surface area contributed by atoms with Crippen molar-refractivity contribution in [3.8, 4) is 17.2 Å². The summed E-state index contributed by atoms with van der Waals surface area (Å²) in [5.74, 6) is 2.13. The van der Waals surface area contributed by atoms with E-state index < -0.39 is 4.75 Å². The van der Waals surface area contributed by atoms with E-state index in [9.17, 15) is 9.59 Å². The minimum atomic E-state index is -0.864. The van der Waals surface area contributed by atoms with Gasteiger partial charge in [0.1, 0.15) is 22.0 Å². The predicted octanol–water partition coefficient (Wildman–Crippen LogP) is 7.68. The van der Waals surface area contributed by atoms with Crippen LogP contribution in [-0.4, -0.2) is 17.8 Å². The predicted molar refractivity (Wildman–Crippen MR) is 145 cm³/mol. The molecular formula is C29H30ClNO4S. The average molecular weight is 524 g/mol. The van der Waals surface area contributed by atoms with Gasteiger partial charge in [-0.3, -0.25) is 14.9 Å². The molecule has 0 saturated carbocycles. The van der Waals surface area contributed by atoms with Crippen LogP contribution in [-0.2, 0) is 22.4 Å². The first kappa shape index (κ1) is 26.1. The Hall–Kier alpha value is -2.96. The maximum atomic E-state index is 12.2. The first-order valence-corrected chi connectivity index (χ1v) is 13.4. The molecule has 0 bridgehead atoms. The number of hydrogen-bond donors (Lipinski definition) is 1. The number of rotatable bonds is 11. The molecule has 3 aromatic rings. The van der Waals surface area contributed by atoms with Gasteiger partial charge in [-0.25, -0.2) is 0 Å². The molecule has 7 heteroatoms. The fraction of sp³-hybridized carbons (Fsp3) is 0.310. The number of unbranched alkanes of at least 4 members (excludes halogenated alkanes) is 1. The van der Waals surface area contributed by atoms with Crippen molar-refractivity contribution >= 4 is 34.5 Å². The van der Waals surface area contributed by atoms with Crippen LogP contribution in [0.3, 0.4) is 0 Å². The number of amides is 2. The lowest BCUT2D eigenvalue weighted by Gasteiger charge is -2.19. The van der Waals surface area contributed by atoms with Gasteiger partial charge in [0, 0.05) is 5.02 Å². The van der Waals surface area contributed by atoms with Crippen molar-refractivity contribution in [3.05, 3.63) is 88.4 Å². The molecule has 5 nitrogen and oxygen atoms in total. The average Bonchev–Trinajstić information content (AvgIpc) is 3.14. The number of ether oxygens (including phenoxy) is 2. The van der Waals surface area contributed by atoms with Crippen molar-refractivity contribution in [2.75, 3.05) is 6.61 Å². The van der Waals surface area contributed by atoms with Crippen LogP contribution in [0.1, 0.15) is 49.8 Å². The summed E-state index contributed by atoms with van der Waals surface area (Å²) in [6, 6.07) is 21.3. The van der Waals surface area contributed by atoms with Crippen LogP contribution in [0.15, 0.2) is 66.7 Å². The Labute approximate surface area is 221 Å². The highest BCUT2D eigenvalue weighted by molar-refractivity contribution is 8.15. The maximum absolute atomic E-state index is 12.2. The highest BCUT2D eigenvalue weighted by Gasteiger charge is 2.45. The molecule has 0 radical (unpaired) electrons. The van der Waals surface area contributed by atoms with E-state index in [0.29, 0.717) is 11.6 Å². The van der Waals surface area contributed by atoms with Gasteiger partial charge in [-0.15, -0.1) is 0 Å². The lowest BCUT2D eigenvalue weighted by atomic mass is 9.96. The molecule has 2 amide bonds. The molecule has 1 saturated heterocycles. The van der Waals surface area contributed by atoms with E-state index in [1.54, 1.807) is 6.92 Å². The lowest BCUT2D eigenvalue weighted by molar-refractivity contribution is -0.121. The summed E-state index contributed by atoms with van der Waals surface area (Å²) < 4.78 is 11.1. The molecule has 1 aliphatic heterocycles. The van der Waals surface area contributed by atoms with Gasteiger partial charge in [-0.1, -0.05) is 49.2 Å². The third kappa shape index (κ3) is 6.42.